The highest BCUT2D eigenvalue weighted by Crippen LogP contribution is 2.22. The van der Waals surface area contributed by atoms with Crippen LogP contribution in [0.15, 0.2) is 18.2 Å². The molecule has 0 saturated heterocycles. The Kier molecular flexibility index (Phi) is 5.29. The Morgan fingerprint density at radius 3 is 2.75 bits per heavy atom. The van der Waals surface area contributed by atoms with Crippen LogP contribution in [0.25, 0.3) is 0 Å². The number of carbonyl (C=O) groups is 1. The highest BCUT2D eigenvalue weighted by Gasteiger charge is 2.06. The van der Waals surface area contributed by atoms with Gasteiger partial charge in [0.2, 0.25) is 0 Å². The Hall–Kier alpha value is -1.06. The van der Waals surface area contributed by atoms with Gasteiger partial charge in [-0.1, -0.05) is 11.6 Å². The van der Waals surface area contributed by atoms with E-state index in [1.54, 1.807) is 13.2 Å². The smallest absolute Gasteiger partial charge is 0.151 e. The van der Waals surface area contributed by atoms with Crippen LogP contribution in [0, 0.1) is 0 Å². The van der Waals surface area contributed by atoms with Crippen molar-refractivity contribution in [2.75, 3.05) is 31.7 Å². The first-order valence-electron chi connectivity index (χ1n) is 5.21. The molecule has 4 heteroatoms. The van der Waals surface area contributed by atoms with Crippen molar-refractivity contribution >= 4 is 23.6 Å². The molecular formula is C12H16ClNO2. The van der Waals surface area contributed by atoms with Gasteiger partial charge in [0.05, 0.1) is 11.6 Å². The summed E-state index contributed by atoms with van der Waals surface area (Å²) in [5.74, 6) is 0. The van der Waals surface area contributed by atoms with Gasteiger partial charge in [-0.05, 0) is 25.1 Å². The number of ether oxygens (including phenoxy) is 1. The predicted octanol–water partition coefficient (Wildman–Crippen LogP) is 2.63. The number of rotatable bonds is 6. The van der Waals surface area contributed by atoms with Crippen molar-refractivity contribution in [1.29, 1.82) is 0 Å². The van der Waals surface area contributed by atoms with E-state index in [9.17, 15) is 4.79 Å². The van der Waals surface area contributed by atoms with E-state index in [0.29, 0.717) is 17.2 Å². The SMILES string of the molecule is CCN(CCOC)c1ccc(C=O)c(Cl)c1. The summed E-state index contributed by atoms with van der Waals surface area (Å²) in [5, 5.41) is 0.489. The molecule has 0 aromatic heterocycles. The Labute approximate surface area is 101 Å². The number of hydrogen-bond acceptors (Lipinski definition) is 3. The van der Waals surface area contributed by atoms with Gasteiger partial charge >= 0.3 is 0 Å². The molecule has 0 aliphatic rings. The molecule has 0 amide bonds. The number of halogens is 1. The zero-order chi connectivity index (χ0) is 12.0. The van der Waals surface area contributed by atoms with Crippen LogP contribution >= 0.6 is 11.6 Å². The first-order valence-corrected chi connectivity index (χ1v) is 5.59. The fourth-order valence-electron chi connectivity index (χ4n) is 1.48. The number of carbonyl (C=O) groups excluding carboxylic acids is 1. The topological polar surface area (TPSA) is 29.5 Å². The summed E-state index contributed by atoms with van der Waals surface area (Å²) in [6.07, 6.45) is 0.761. The van der Waals surface area contributed by atoms with Crippen molar-refractivity contribution in [2.45, 2.75) is 6.92 Å². The molecule has 0 unspecified atom stereocenters. The first kappa shape index (κ1) is 13.0. The Morgan fingerprint density at radius 1 is 1.50 bits per heavy atom. The largest absolute Gasteiger partial charge is 0.383 e. The van der Waals surface area contributed by atoms with E-state index in [1.807, 2.05) is 12.1 Å². The molecule has 0 aliphatic heterocycles. The summed E-state index contributed by atoms with van der Waals surface area (Å²) in [6.45, 7) is 4.42. The second-order valence-electron chi connectivity index (χ2n) is 3.40. The summed E-state index contributed by atoms with van der Waals surface area (Å²) >= 11 is 5.98. The minimum atomic E-state index is 0.489. The lowest BCUT2D eigenvalue weighted by Crippen LogP contribution is -2.26. The second-order valence-corrected chi connectivity index (χ2v) is 3.80. The van der Waals surface area contributed by atoms with Crippen molar-refractivity contribution < 1.29 is 9.53 Å². The highest BCUT2D eigenvalue weighted by atomic mass is 35.5. The van der Waals surface area contributed by atoms with Crippen LogP contribution in [0.1, 0.15) is 17.3 Å². The molecule has 0 spiro atoms. The van der Waals surface area contributed by atoms with Gasteiger partial charge in [0.1, 0.15) is 0 Å². The molecule has 16 heavy (non-hydrogen) atoms. The van der Waals surface area contributed by atoms with Crippen molar-refractivity contribution in [3.8, 4) is 0 Å². The lowest BCUT2D eigenvalue weighted by molar-refractivity contribution is 0.112. The fourth-order valence-corrected chi connectivity index (χ4v) is 1.70. The highest BCUT2D eigenvalue weighted by molar-refractivity contribution is 6.33. The van der Waals surface area contributed by atoms with E-state index in [1.165, 1.54) is 0 Å². The standard InChI is InChI=1S/C12H16ClNO2/c1-3-14(6-7-16-2)11-5-4-10(9-15)12(13)8-11/h4-5,8-9H,3,6-7H2,1-2H3. The van der Waals surface area contributed by atoms with Crippen LogP contribution in [-0.2, 0) is 4.74 Å². The Balaban J connectivity index is 2.84. The van der Waals surface area contributed by atoms with E-state index in [2.05, 4.69) is 11.8 Å². The summed E-state index contributed by atoms with van der Waals surface area (Å²) in [5.41, 5.74) is 1.53. The van der Waals surface area contributed by atoms with Crippen LogP contribution in [0.5, 0.6) is 0 Å². The molecule has 0 bridgehead atoms. The molecule has 88 valence electrons. The number of nitrogens with zero attached hydrogens (tertiary/aromatic N) is 1. The zero-order valence-corrected chi connectivity index (χ0v) is 10.3. The third-order valence-corrected chi connectivity index (χ3v) is 2.75. The summed E-state index contributed by atoms with van der Waals surface area (Å²) in [7, 11) is 1.68. The predicted molar refractivity (Wildman–Crippen MR) is 66.6 cm³/mol. The quantitative estimate of drug-likeness (QED) is 0.717. The molecule has 0 saturated carbocycles. The molecule has 0 radical (unpaired) electrons. The molecule has 3 nitrogen and oxygen atoms in total. The minimum absolute atomic E-state index is 0.489. The Morgan fingerprint density at radius 2 is 2.25 bits per heavy atom. The number of benzene rings is 1. The van der Waals surface area contributed by atoms with Crippen LogP contribution in [-0.4, -0.2) is 33.1 Å². The normalized spacial score (nSPS) is 10.2. The average Bonchev–Trinajstić information content (AvgIpc) is 2.30. The molecule has 0 heterocycles. The molecule has 1 aromatic carbocycles. The monoisotopic (exact) mass is 241 g/mol. The van der Waals surface area contributed by atoms with E-state index in [0.717, 1.165) is 25.1 Å². The molecule has 0 atom stereocenters. The molecule has 0 aliphatic carbocycles. The van der Waals surface area contributed by atoms with E-state index < -0.39 is 0 Å². The Bertz CT molecular complexity index is 355. The van der Waals surface area contributed by atoms with E-state index in [-0.39, 0.29) is 0 Å². The third-order valence-electron chi connectivity index (χ3n) is 2.42. The van der Waals surface area contributed by atoms with Crippen LogP contribution in [0.3, 0.4) is 0 Å². The molecule has 1 aromatic rings. The van der Waals surface area contributed by atoms with Crippen LogP contribution in [0.2, 0.25) is 5.02 Å². The van der Waals surface area contributed by atoms with Gasteiger partial charge < -0.3 is 9.64 Å². The average molecular weight is 242 g/mol. The fraction of sp³-hybridized carbons (Fsp3) is 0.417. The molecule has 1 rings (SSSR count). The van der Waals surface area contributed by atoms with Crippen molar-refractivity contribution in [3.05, 3.63) is 28.8 Å². The maximum absolute atomic E-state index is 10.6. The molecular weight excluding hydrogens is 226 g/mol. The first-order chi connectivity index (χ1) is 7.72. The van der Waals surface area contributed by atoms with Gasteiger partial charge in [0.15, 0.2) is 6.29 Å². The maximum atomic E-state index is 10.6. The van der Waals surface area contributed by atoms with Gasteiger partial charge in [0, 0.05) is 31.5 Å². The van der Waals surface area contributed by atoms with Crippen molar-refractivity contribution in [3.63, 3.8) is 0 Å². The van der Waals surface area contributed by atoms with Gasteiger partial charge in [-0.15, -0.1) is 0 Å². The van der Waals surface area contributed by atoms with Crippen LogP contribution in [0.4, 0.5) is 5.69 Å². The second kappa shape index (κ2) is 6.51. The third kappa shape index (κ3) is 3.22. The van der Waals surface area contributed by atoms with Crippen molar-refractivity contribution in [2.24, 2.45) is 0 Å². The van der Waals surface area contributed by atoms with Gasteiger partial charge in [-0.25, -0.2) is 0 Å². The summed E-state index contributed by atoms with van der Waals surface area (Å²) in [6, 6.07) is 5.44. The maximum Gasteiger partial charge on any atom is 0.151 e. The lowest BCUT2D eigenvalue weighted by Gasteiger charge is -2.23. The van der Waals surface area contributed by atoms with E-state index in [4.69, 9.17) is 16.3 Å². The van der Waals surface area contributed by atoms with Gasteiger partial charge in [-0.3, -0.25) is 4.79 Å². The number of methoxy groups -OCH3 is 1. The molecule has 0 N–H and O–H groups in total. The van der Waals surface area contributed by atoms with Gasteiger partial charge in [-0.2, -0.15) is 0 Å². The number of aldehydes is 1. The summed E-state index contributed by atoms with van der Waals surface area (Å²) < 4.78 is 5.04. The minimum Gasteiger partial charge on any atom is -0.383 e. The number of anilines is 1. The number of hydrogen-bond donors (Lipinski definition) is 0. The van der Waals surface area contributed by atoms with Gasteiger partial charge in [0.25, 0.3) is 0 Å². The molecule has 0 fully saturated rings. The lowest BCUT2D eigenvalue weighted by atomic mass is 10.2. The van der Waals surface area contributed by atoms with Crippen LogP contribution < -0.4 is 4.90 Å². The summed E-state index contributed by atoms with van der Waals surface area (Å²) in [4.78, 5) is 12.8. The number of likely N-dealkylation sites (N-methyl/N-ethyl adjacent to an activating group) is 1. The van der Waals surface area contributed by atoms with Crippen molar-refractivity contribution in [1.82, 2.24) is 0 Å². The zero-order valence-electron chi connectivity index (χ0n) is 9.57. The van der Waals surface area contributed by atoms with E-state index >= 15 is 0 Å².